The Morgan fingerprint density at radius 3 is 2.39 bits per heavy atom. The zero-order chi connectivity index (χ0) is 17.8. The number of amides is 1. The van der Waals surface area contributed by atoms with Gasteiger partial charge in [-0.05, 0) is 30.5 Å². The van der Waals surface area contributed by atoms with Gasteiger partial charge in [0, 0.05) is 17.1 Å². The van der Waals surface area contributed by atoms with E-state index in [0.717, 1.165) is 12.1 Å². The lowest BCUT2D eigenvalue weighted by Gasteiger charge is -2.16. The molecule has 9 heteroatoms. The first-order valence-corrected chi connectivity index (χ1v) is 8.72. The quantitative estimate of drug-likeness (QED) is 0.645. The van der Waals surface area contributed by atoms with Gasteiger partial charge in [0.25, 0.3) is 0 Å². The summed E-state index contributed by atoms with van der Waals surface area (Å²) in [5, 5.41) is 9.17. The smallest absolute Gasteiger partial charge is 0.307 e. The zero-order valence-corrected chi connectivity index (χ0v) is 14.3. The normalized spacial score (nSPS) is 13.0. The zero-order valence-electron chi connectivity index (χ0n) is 12.7. The van der Waals surface area contributed by atoms with Crippen molar-refractivity contribution in [2.24, 2.45) is 17.6 Å². The van der Waals surface area contributed by atoms with E-state index in [9.17, 15) is 18.0 Å². The lowest BCUT2D eigenvalue weighted by molar-refractivity contribution is -0.142. The van der Waals surface area contributed by atoms with Gasteiger partial charge in [0.15, 0.2) is 0 Å². The van der Waals surface area contributed by atoms with Crippen molar-refractivity contribution in [2.45, 2.75) is 25.2 Å². The molecule has 0 heterocycles. The number of primary amides is 1. The minimum Gasteiger partial charge on any atom is -0.481 e. The molecule has 1 atom stereocenters. The Morgan fingerprint density at radius 1 is 1.30 bits per heavy atom. The molecule has 0 aliphatic rings. The molecule has 4 N–H and O–H groups in total. The third kappa shape index (κ3) is 5.81. The Labute approximate surface area is 139 Å². The van der Waals surface area contributed by atoms with Crippen LogP contribution in [0.15, 0.2) is 23.1 Å². The summed E-state index contributed by atoms with van der Waals surface area (Å²) in [4.78, 5) is 22.1. The van der Waals surface area contributed by atoms with E-state index < -0.39 is 27.8 Å². The fourth-order valence-electron chi connectivity index (χ4n) is 1.99. The molecule has 1 amide bonds. The monoisotopic (exact) mass is 362 g/mol. The Kier molecular flexibility index (Phi) is 6.55. The van der Waals surface area contributed by atoms with Crippen LogP contribution in [0, 0.1) is 11.8 Å². The summed E-state index contributed by atoms with van der Waals surface area (Å²) in [6, 6.07) is 3.50. The second kappa shape index (κ2) is 7.76. The number of hydrogen-bond acceptors (Lipinski definition) is 4. The van der Waals surface area contributed by atoms with Gasteiger partial charge >= 0.3 is 5.97 Å². The number of sulfonamides is 1. The van der Waals surface area contributed by atoms with Crippen molar-refractivity contribution in [3.05, 3.63) is 28.8 Å². The molecule has 1 aromatic rings. The number of rotatable bonds is 8. The first-order valence-electron chi connectivity index (χ1n) is 6.85. The number of hydrogen-bond donors (Lipinski definition) is 3. The van der Waals surface area contributed by atoms with Crippen LogP contribution in [0.5, 0.6) is 0 Å². The molecule has 0 radical (unpaired) electrons. The number of carboxylic acid groups (broad SMARTS) is 1. The lowest BCUT2D eigenvalue weighted by Crippen LogP contribution is -2.33. The number of benzene rings is 1. The van der Waals surface area contributed by atoms with Crippen LogP contribution < -0.4 is 10.5 Å². The van der Waals surface area contributed by atoms with Crippen molar-refractivity contribution in [3.63, 3.8) is 0 Å². The molecule has 0 saturated heterocycles. The van der Waals surface area contributed by atoms with Gasteiger partial charge in [-0.2, -0.15) is 0 Å². The Hall–Kier alpha value is -1.64. The molecular formula is C14H19ClN2O5S. The van der Waals surface area contributed by atoms with Crippen molar-refractivity contribution < 1.29 is 23.1 Å². The van der Waals surface area contributed by atoms with E-state index in [1.807, 2.05) is 13.8 Å². The number of carbonyl (C=O) groups is 2. The number of carbonyl (C=O) groups excluding carboxylic acids is 1. The molecule has 0 saturated carbocycles. The predicted octanol–water partition coefficient (Wildman–Crippen LogP) is 1.46. The van der Waals surface area contributed by atoms with Gasteiger partial charge in [-0.25, -0.2) is 13.1 Å². The van der Waals surface area contributed by atoms with Gasteiger partial charge in [-0.15, -0.1) is 0 Å². The second-order valence-corrected chi connectivity index (χ2v) is 7.76. The summed E-state index contributed by atoms with van der Waals surface area (Å²) < 4.78 is 26.8. The third-order valence-corrected chi connectivity index (χ3v) is 4.71. The molecule has 0 aromatic heterocycles. The van der Waals surface area contributed by atoms with E-state index in [4.69, 9.17) is 22.4 Å². The van der Waals surface area contributed by atoms with Gasteiger partial charge in [-0.1, -0.05) is 25.4 Å². The Morgan fingerprint density at radius 2 is 1.91 bits per heavy atom. The number of aliphatic carboxylic acids is 1. The van der Waals surface area contributed by atoms with E-state index >= 15 is 0 Å². The fourth-order valence-corrected chi connectivity index (χ4v) is 3.45. The highest BCUT2D eigenvalue weighted by Crippen LogP contribution is 2.19. The van der Waals surface area contributed by atoms with Crippen LogP contribution in [-0.2, 0) is 14.8 Å². The molecule has 1 aromatic carbocycles. The van der Waals surface area contributed by atoms with E-state index in [-0.39, 0.29) is 27.9 Å². The van der Waals surface area contributed by atoms with Crippen molar-refractivity contribution in [1.82, 2.24) is 4.72 Å². The van der Waals surface area contributed by atoms with E-state index in [2.05, 4.69) is 4.72 Å². The molecule has 23 heavy (non-hydrogen) atoms. The number of halogens is 1. The maximum Gasteiger partial charge on any atom is 0.307 e. The van der Waals surface area contributed by atoms with Crippen molar-refractivity contribution in [2.75, 3.05) is 6.54 Å². The summed E-state index contributed by atoms with van der Waals surface area (Å²) in [6.07, 6.45) is 0.333. The average molecular weight is 363 g/mol. The summed E-state index contributed by atoms with van der Waals surface area (Å²) in [7, 11) is -4.01. The maximum absolute atomic E-state index is 12.3. The molecule has 0 spiro atoms. The van der Waals surface area contributed by atoms with Crippen LogP contribution in [-0.4, -0.2) is 31.9 Å². The van der Waals surface area contributed by atoms with Gasteiger partial charge < -0.3 is 10.8 Å². The minimum absolute atomic E-state index is 0.0404. The molecule has 0 aliphatic heterocycles. The van der Waals surface area contributed by atoms with Crippen LogP contribution in [0.25, 0.3) is 0 Å². The molecule has 1 unspecified atom stereocenters. The highest BCUT2D eigenvalue weighted by molar-refractivity contribution is 7.89. The van der Waals surface area contributed by atoms with Gasteiger partial charge in [0.05, 0.1) is 10.8 Å². The van der Waals surface area contributed by atoms with E-state index in [1.54, 1.807) is 0 Å². The van der Waals surface area contributed by atoms with Crippen LogP contribution in [0.2, 0.25) is 5.02 Å². The van der Waals surface area contributed by atoms with Crippen molar-refractivity contribution in [1.29, 1.82) is 0 Å². The van der Waals surface area contributed by atoms with Gasteiger partial charge in [0.1, 0.15) is 0 Å². The number of nitrogens with two attached hydrogens (primary N) is 1. The van der Waals surface area contributed by atoms with Crippen molar-refractivity contribution >= 4 is 33.5 Å². The summed E-state index contributed by atoms with van der Waals surface area (Å²) >= 11 is 5.79. The molecular weight excluding hydrogens is 344 g/mol. The maximum atomic E-state index is 12.3. The topological polar surface area (TPSA) is 127 Å². The number of carboxylic acids is 1. The van der Waals surface area contributed by atoms with Gasteiger partial charge in [0.2, 0.25) is 15.9 Å². The van der Waals surface area contributed by atoms with Crippen LogP contribution in [0.1, 0.15) is 30.6 Å². The number of nitrogens with one attached hydrogen (secondary N) is 1. The highest BCUT2D eigenvalue weighted by Gasteiger charge is 2.23. The fraction of sp³-hybridized carbons (Fsp3) is 0.429. The third-order valence-electron chi connectivity index (χ3n) is 3.09. The summed E-state index contributed by atoms with van der Waals surface area (Å²) in [6.45, 7) is 3.44. The van der Waals surface area contributed by atoms with E-state index in [0.29, 0.717) is 6.42 Å². The average Bonchev–Trinajstić information content (AvgIpc) is 2.42. The Balaban J connectivity index is 2.99. The molecule has 1 rings (SSSR count). The molecule has 0 bridgehead atoms. The molecule has 128 valence electrons. The first kappa shape index (κ1) is 19.4. The van der Waals surface area contributed by atoms with Crippen LogP contribution >= 0.6 is 11.6 Å². The Bertz CT molecular complexity index is 703. The SMILES string of the molecule is CC(C)CC(CNS(=O)(=O)c1cc(Cl)cc(C(N)=O)c1)C(=O)O. The summed E-state index contributed by atoms with van der Waals surface area (Å²) in [5.41, 5.74) is 5.07. The molecule has 7 nitrogen and oxygen atoms in total. The summed E-state index contributed by atoms with van der Waals surface area (Å²) in [5.74, 6) is -2.63. The second-order valence-electron chi connectivity index (χ2n) is 5.56. The first-order chi connectivity index (χ1) is 10.5. The van der Waals surface area contributed by atoms with Crippen molar-refractivity contribution in [3.8, 4) is 0 Å². The van der Waals surface area contributed by atoms with Crippen LogP contribution in [0.4, 0.5) is 0 Å². The largest absolute Gasteiger partial charge is 0.481 e. The highest BCUT2D eigenvalue weighted by atomic mass is 35.5. The lowest BCUT2D eigenvalue weighted by atomic mass is 9.98. The molecule has 0 fully saturated rings. The van der Waals surface area contributed by atoms with Gasteiger partial charge in [-0.3, -0.25) is 9.59 Å². The molecule has 0 aliphatic carbocycles. The predicted molar refractivity (Wildman–Crippen MR) is 85.7 cm³/mol. The standard InChI is InChI=1S/C14H19ClN2O5S/c1-8(2)3-10(14(19)20)7-17-23(21,22)12-5-9(13(16)18)4-11(15)6-12/h4-6,8,10,17H,3,7H2,1-2H3,(H2,16,18)(H,19,20). The van der Waals surface area contributed by atoms with E-state index in [1.165, 1.54) is 6.07 Å². The minimum atomic E-state index is -4.01. The van der Waals surface area contributed by atoms with Crippen LogP contribution in [0.3, 0.4) is 0 Å².